The van der Waals surface area contributed by atoms with Crippen LogP contribution in [0.25, 0.3) is 0 Å². The van der Waals surface area contributed by atoms with E-state index in [1.54, 1.807) is 0 Å². The summed E-state index contributed by atoms with van der Waals surface area (Å²) in [5, 5.41) is 4.22. The first-order valence-corrected chi connectivity index (χ1v) is 7.80. The SMILES string of the molecule is CCN(CC)CC(C)NCC(C)Oc1cccc(Cl)c1. The van der Waals surface area contributed by atoms with E-state index >= 15 is 0 Å². The van der Waals surface area contributed by atoms with Gasteiger partial charge in [-0.1, -0.05) is 31.5 Å². The molecule has 0 aliphatic carbocycles. The van der Waals surface area contributed by atoms with Crippen LogP contribution < -0.4 is 10.1 Å². The minimum absolute atomic E-state index is 0.118. The maximum absolute atomic E-state index is 5.94. The molecular weight excluding hydrogens is 272 g/mol. The molecule has 0 amide bonds. The second-order valence-electron chi connectivity index (χ2n) is 5.18. The van der Waals surface area contributed by atoms with Crippen LogP contribution in [0.3, 0.4) is 0 Å². The van der Waals surface area contributed by atoms with E-state index < -0.39 is 0 Å². The lowest BCUT2D eigenvalue weighted by Crippen LogP contribution is -2.42. The Hall–Kier alpha value is -0.770. The van der Waals surface area contributed by atoms with Crippen LogP contribution >= 0.6 is 11.6 Å². The first-order chi connectivity index (χ1) is 9.55. The van der Waals surface area contributed by atoms with Gasteiger partial charge in [-0.3, -0.25) is 0 Å². The highest BCUT2D eigenvalue weighted by Crippen LogP contribution is 2.18. The van der Waals surface area contributed by atoms with Crippen LogP contribution in [0.5, 0.6) is 5.75 Å². The third-order valence-corrected chi connectivity index (χ3v) is 3.55. The summed E-state index contributed by atoms with van der Waals surface area (Å²) in [6.07, 6.45) is 0.118. The van der Waals surface area contributed by atoms with Crippen LogP contribution in [-0.4, -0.2) is 43.2 Å². The van der Waals surface area contributed by atoms with Crippen molar-refractivity contribution < 1.29 is 4.74 Å². The van der Waals surface area contributed by atoms with Gasteiger partial charge in [-0.25, -0.2) is 0 Å². The molecule has 114 valence electrons. The number of nitrogens with zero attached hydrogens (tertiary/aromatic N) is 1. The van der Waals surface area contributed by atoms with Crippen molar-refractivity contribution in [2.45, 2.75) is 39.8 Å². The summed E-state index contributed by atoms with van der Waals surface area (Å²) in [6.45, 7) is 12.8. The molecule has 0 heterocycles. The molecule has 20 heavy (non-hydrogen) atoms. The van der Waals surface area contributed by atoms with E-state index in [4.69, 9.17) is 16.3 Å². The van der Waals surface area contributed by atoms with Gasteiger partial charge in [-0.2, -0.15) is 0 Å². The lowest BCUT2D eigenvalue weighted by atomic mass is 10.2. The van der Waals surface area contributed by atoms with E-state index in [0.717, 1.165) is 31.9 Å². The van der Waals surface area contributed by atoms with Gasteiger partial charge < -0.3 is 15.0 Å². The summed E-state index contributed by atoms with van der Waals surface area (Å²) in [7, 11) is 0. The molecule has 0 bridgehead atoms. The van der Waals surface area contributed by atoms with Gasteiger partial charge in [0.1, 0.15) is 11.9 Å². The summed E-state index contributed by atoms with van der Waals surface area (Å²) in [5.74, 6) is 0.822. The van der Waals surface area contributed by atoms with Crippen molar-refractivity contribution in [1.29, 1.82) is 0 Å². The normalized spacial score (nSPS) is 14.3. The number of hydrogen-bond donors (Lipinski definition) is 1. The summed E-state index contributed by atoms with van der Waals surface area (Å²) in [4.78, 5) is 2.42. The van der Waals surface area contributed by atoms with Crippen LogP contribution in [0.1, 0.15) is 27.7 Å². The maximum Gasteiger partial charge on any atom is 0.121 e. The second-order valence-corrected chi connectivity index (χ2v) is 5.62. The Morgan fingerprint density at radius 1 is 1.25 bits per heavy atom. The minimum atomic E-state index is 0.118. The fraction of sp³-hybridized carbons (Fsp3) is 0.625. The third kappa shape index (κ3) is 6.60. The average Bonchev–Trinajstić information content (AvgIpc) is 2.42. The van der Waals surface area contributed by atoms with Gasteiger partial charge in [0, 0.05) is 24.2 Å². The Kier molecular flexibility index (Phi) is 7.97. The number of hydrogen-bond acceptors (Lipinski definition) is 3. The Balaban J connectivity index is 2.30. The second kappa shape index (κ2) is 9.22. The van der Waals surface area contributed by atoms with Crippen molar-refractivity contribution in [3.8, 4) is 5.75 Å². The van der Waals surface area contributed by atoms with Crippen LogP contribution in [0.15, 0.2) is 24.3 Å². The van der Waals surface area contributed by atoms with Crippen molar-refractivity contribution in [1.82, 2.24) is 10.2 Å². The van der Waals surface area contributed by atoms with E-state index in [0.29, 0.717) is 11.1 Å². The average molecular weight is 299 g/mol. The van der Waals surface area contributed by atoms with E-state index in [-0.39, 0.29) is 6.10 Å². The monoisotopic (exact) mass is 298 g/mol. The van der Waals surface area contributed by atoms with Gasteiger partial charge >= 0.3 is 0 Å². The number of likely N-dealkylation sites (N-methyl/N-ethyl adjacent to an activating group) is 1. The number of nitrogens with one attached hydrogen (secondary N) is 1. The molecule has 1 rings (SSSR count). The highest BCUT2D eigenvalue weighted by molar-refractivity contribution is 6.30. The quantitative estimate of drug-likeness (QED) is 0.756. The number of halogens is 1. The number of ether oxygens (including phenoxy) is 1. The van der Waals surface area contributed by atoms with E-state index in [2.05, 4.69) is 37.9 Å². The van der Waals surface area contributed by atoms with Crippen molar-refractivity contribution in [3.05, 3.63) is 29.3 Å². The summed E-state index contributed by atoms with van der Waals surface area (Å²) < 4.78 is 5.84. The van der Waals surface area contributed by atoms with Crippen LogP contribution in [0.4, 0.5) is 0 Å². The summed E-state index contributed by atoms with van der Waals surface area (Å²) in [6, 6.07) is 7.99. The zero-order chi connectivity index (χ0) is 15.0. The standard InChI is InChI=1S/C16H27ClN2O/c1-5-19(6-2)12-13(3)18-11-14(4)20-16-9-7-8-15(17)10-16/h7-10,13-14,18H,5-6,11-12H2,1-4H3. The molecule has 2 unspecified atom stereocenters. The molecule has 1 N–H and O–H groups in total. The van der Waals surface area contributed by atoms with Gasteiger partial charge in [-0.05, 0) is 45.1 Å². The minimum Gasteiger partial charge on any atom is -0.489 e. The lowest BCUT2D eigenvalue weighted by molar-refractivity contribution is 0.202. The molecule has 0 fully saturated rings. The largest absolute Gasteiger partial charge is 0.489 e. The highest BCUT2D eigenvalue weighted by Gasteiger charge is 2.09. The fourth-order valence-corrected chi connectivity index (χ4v) is 2.30. The summed E-state index contributed by atoms with van der Waals surface area (Å²) in [5.41, 5.74) is 0. The molecule has 0 radical (unpaired) electrons. The molecule has 0 saturated heterocycles. The molecule has 4 heteroatoms. The van der Waals surface area contributed by atoms with E-state index in [1.807, 2.05) is 24.3 Å². The zero-order valence-electron chi connectivity index (χ0n) is 13.0. The highest BCUT2D eigenvalue weighted by atomic mass is 35.5. The van der Waals surface area contributed by atoms with Crippen molar-refractivity contribution >= 4 is 11.6 Å². The molecule has 2 atom stereocenters. The Morgan fingerprint density at radius 3 is 2.55 bits per heavy atom. The Morgan fingerprint density at radius 2 is 1.95 bits per heavy atom. The maximum atomic E-state index is 5.94. The third-order valence-electron chi connectivity index (χ3n) is 3.31. The Labute approximate surface area is 128 Å². The number of benzene rings is 1. The molecule has 1 aromatic carbocycles. The molecule has 0 spiro atoms. The van der Waals surface area contributed by atoms with Crippen LogP contribution in [0.2, 0.25) is 5.02 Å². The molecule has 0 aromatic heterocycles. The zero-order valence-corrected chi connectivity index (χ0v) is 13.8. The predicted molar refractivity (Wildman–Crippen MR) is 86.8 cm³/mol. The fourth-order valence-electron chi connectivity index (χ4n) is 2.12. The first kappa shape index (κ1) is 17.3. The topological polar surface area (TPSA) is 24.5 Å². The lowest BCUT2D eigenvalue weighted by Gasteiger charge is -2.25. The van der Waals surface area contributed by atoms with E-state index in [1.165, 1.54) is 0 Å². The Bertz CT molecular complexity index is 382. The molecular formula is C16H27ClN2O. The van der Waals surface area contributed by atoms with Gasteiger partial charge in [0.2, 0.25) is 0 Å². The predicted octanol–water partition coefficient (Wildman–Crippen LogP) is 3.43. The van der Waals surface area contributed by atoms with Crippen molar-refractivity contribution in [2.24, 2.45) is 0 Å². The van der Waals surface area contributed by atoms with Crippen LogP contribution in [-0.2, 0) is 0 Å². The molecule has 0 aliphatic heterocycles. The van der Waals surface area contributed by atoms with Crippen LogP contribution in [0, 0.1) is 0 Å². The molecule has 0 saturated carbocycles. The summed E-state index contributed by atoms with van der Waals surface area (Å²) >= 11 is 5.94. The molecule has 0 aliphatic rings. The van der Waals surface area contributed by atoms with Crippen molar-refractivity contribution in [2.75, 3.05) is 26.2 Å². The molecule has 3 nitrogen and oxygen atoms in total. The van der Waals surface area contributed by atoms with Gasteiger partial charge in [-0.15, -0.1) is 0 Å². The first-order valence-electron chi connectivity index (χ1n) is 7.43. The van der Waals surface area contributed by atoms with Gasteiger partial charge in [0.15, 0.2) is 0 Å². The van der Waals surface area contributed by atoms with E-state index in [9.17, 15) is 0 Å². The van der Waals surface area contributed by atoms with Crippen molar-refractivity contribution in [3.63, 3.8) is 0 Å². The number of rotatable bonds is 9. The smallest absolute Gasteiger partial charge is 0.121 e. The van der Waals surface area contributed by atoms with Gasteiger partial charge in [0.05, 0.1) is 0 Å². The molecule has 1 aromatic rings. The van der Waals surface area contributed by atoms with Gasteiger partial charge in [0.25, 0.3) is 0 Å².